The summed E-state index contributed by atoms with van der Waals surface area (Å²) >= 11 is 0. The van der Waals surface area contributed by atoms with E-state index in [9.17, 15) is 4.79 Å². The number of carbonyl (C=O) groups is 1. The van der Waals surface area contributed by atoms with Crippen molar-refractivity contribution in [2.24, 2.45) is 17.3 Å². The smallest absolute Gasteiger partial charge is 0.237 e. The first-order valence-electron chi connectivity index (χ1n) is 7.60. The van der Waals surface area contributed by atoms with E-state index in [2.05, 4.69) is 24.5 Å². The Morgan fingerprint density at radius 2 is 2.16 bits per heavy atom. The lowest BCUT2D eigenvalue weighted by atomic mass is 9.64. The molecule has 0 aromatic carbocycles. The number of amides is 1. The molecule has 3 fully saturated rings. The van der Waals surface area contributed by atoms with Crippen molar-refractivity contribution in [2.75, 3.05) is 13.7 Å². The van der Waals surface area contributed by atoms with Crippen LogP contribution in [0.1, 0.15) is 39.5 Å². The van der Waals surface area contributed by atoms with E-state index in [0.717, 1.165) is 18.9 Å². The molecule has 0 bridgehead atoms. The van der Waals surface area contributed by atoms with Gasteiger partial charge in [-0.3, -0.25) is 4.79 Å². The summed E-state index contributed by atoms with van der Waals surface area (Å²) in [5, 5.41) is 6.67. The highest BCUT2D eigenvalue weighted by molar-refractivity contribution is 5.83. The zero-order chi connectivity index (χ0) is 13.6. The molecule has 4 nitrogen and oxygen atoms in total. The van der Waals surface area contributed by atoms with E-state index < -0.39 is 0 Å². The van der Waals surface area contributed by atoms with Crippen molar-refractivity contribution >= 4 is 5.91 Å². The molecule has 0 aromatic rings. The first-order valence-corrected chi connectivity index (χ1v) is 7.60. The highest BCUT2D eigenvalue weighted by Crippen LogP contribution is 2.43. The number of ether oxygens (including phenoxy) is 1. The van der Waals surface area contributed by atoms with Crippen molar-refractivity contribution in [3.05, 3.63) is 0 Å². The van der Waals surface area contributed by atoms with Crippen molar-refractivity contribution in [3.63, 3.8) is 0 Å². The van der Waals surface area contributed by atoms with Gasteiger partial charge in [0, 0.05) is 18.6 Å². The van der Waals surface area contributed by atoms with Crippen LogP contribution in [-0.2, 0) is 9.53 Å². The topological polar surface area (TPSA) is 50.4 Å². The molecule has 3 rings (SSSR count). The molecule has 5 atom stereocenters. The van der Waals surface area contributed by atoms with Crippen LogP contribution in [0.25, 0.3) is 0 Å². The molecule has 4 heteroatoms. The molecular formula is C15H26N2O2. The predicted molar refractivity (Wildman–Crippen MR) is 73.7 cm³/mol. The molecular weight excluding hydrogens is 240 g/mol. The monoisotopic (exact) mass is 266 g/mol. The summed E-state index contributed by atoms with van der Waals surface area (Å²) < 4.78 is 5.44. The second kappa shape index (κ2) is 4.74. The third-order valence-corrected chi connectivity index (χ3v) is 5.81. The van der Waals surface area contributed by atoms with Gasteiger partial charge in [-0.15, -0.1) is 0 Å². The number of fused-ring (bicyclic) bond motifs is 1. The number of methoxy groups -OCH3 is 1. The molecule has 1 saturated heterocycles. The third-order valence-electron chi connectivity index (χ3n) is 5.81. The lowest BCUT2D eigenvalue weighted by molar-refractivity contribution is -0.135. The molecule has 1 amide bonds. The Labute approximate surface area is 115 Å². The van der Waals surface area contributed by atoms with Crippen LogP contribution < -0.4 is 10.6 Å². The Balaban J connectivity index is 1.58. The van der Waals surface area contributed by atoms with Gasteiger partial charge in [-0.1, -0.05) is 20.3 Å². The van der Waals surface area contributed by atoms with Crippen molar-refractivity contribution in [1.82, 2.24) is 10.6 Å². The van der Waals surface area contributed by atoms with E-state index in [1.807, 2.05) is 0 Å². The standard InChI is InChI=1S/C15H26N2O2/c1-15(2)11(7-12(15)19-3)17-14(18)13-10-6-4-5-9(10)8-16-13/h9-13,16H,4-8H2,1-3H3,(H,17,18). The molecule has 3 aliphatic rings. The third kappa shape index (κ3) is 2.09. The van der Waals surface area contributed by atoms with Crippen molar-refractivity contribution in [2.45, 2.75) is 57.7 Å². The highest BCUT2D eigenvalue weighted by atomic mass is 16.5. The average molecular weight is 266 g/mol. The first-order chi connectivity index (χ1) is 9.04. The van der Waals surface area contributed by atoms with E-state index in [0.29, 0.717) is 5.92 Å². The van der Waals surface area contributed by atoms with Crippen LogP contribution in [0, 0.1) is 17.3 Å². The zero-order valence-electron chi connectivity index (χ0n) is 12.2. The SMILES string of the molecule is COC1CC(NC(=O)C2NCC3CCCC32)C1(C)C. The summed E-state index contributed by atoms with van der Waals surface area (Å²) in [6.07, 6.45) is 5.01. The molecule has 0 aromatic heterocycles. The molecule has 1 heterocycles. The van der Waals surface area contributed by atoms with Gasteiger partial charge in [0.25, 0.3) is 0 Å². The molecule has 5 unspecified atom stereocenters. The molecule has 0 spiro atoms. The molecule has 1 aliphatic heterocycles. The second-order valence-electron chi connectivity index (χ2n) is 7.08. The minimum Gasteiger partial charge on any atom is -0.381 e. The summed E-state index contributed by atoms with van der Waals surface area (Å²) in [5.41, 5.74) is 0.0537. The summed E-state index contributed by atoms with van der Waals surface area (Å²) in [5.74, 6) is 1.51. The van der Waals surface area contributed by atoms with Crippen LogP contribution in [0.2, 0.25) is 0 Å². The predicted octanol–water partition coefficient (Wildman–Crippen LogP) is 1.30. The first kappa shape index (κ1) is 13.4. The number of rotatable bonds is 3. The maximum absolute atomic E-state index is 12.5. The fraction of sp³-hybridized carbons (Fsp3) is 0.933. The molecule has 108 valence electrons. The molecule has 2 aliphatic carbocycles. The largest absolute Gasteiger partial charge is 0.381 e. The normalized spacial score (nSPS) is 43.6. The van der Waals surface area contributed by atoms with E-state index >= 15 is 0 Å². The van der Waals surface area contributed by atoms with E-state index in [1.54, 1.807) is 7.11 Å². The van der Waals surface area contributed by atoms with Gasteiger partial charge < -0.3 is 15.4 Å². The maximum Gasteiger partial charge on any atom is 0.237 e. The van der Waals surface area contributed by atoms with Crippen LogP contribution in [0.4, 0.5) is 0 Å². The van der Waals surface area contributed by atoms with Gasteiger partial charge in [0.05, 0.1) is 12.1 Å². The second-order valence-corrected chi connectivity index (χ2v) is 7.08. The van der Waals surface area contributed by atoms with E-state index in [1.165, 1.54) is 19.3 Å². The van der Waals surface area contributed by atoms with E-state index in [-0.39, 0.29) is 29.5 Å². The van der Waals surface area contributed by atoms with Gasteiger partial charge in [-0.2, -0.15) is 0 Å². The molecule has 2 N–H and O–H groups in total. The van der Waals surface area contributed by atoms with Gasteiger partial charge in [0.15, 0.2) is 0 Å². The van der Waals surface area contributed by atoms with E-state index in [4.69, 9.17) is 4.74 Å². The lowest BCUT2D eigenvalue weighted by Gasteiger charge is -2.51. The van der Waals surface area contributed by atoms with Gasteiger partial charge in [0.2, 0.25) is 5.91 Å². The van der Waals surface area contributed by atoms with Gasteiger partial charge >= 0.3 is 0 Å². The summed E-state index contributed by atoms with van der Waals surface area (Å²) in [6.45, 7) is 5.38. The number of hydrogen-bond acceptors (Lipinski definition) is 3. The fourth-order valence-corrected chi connectivity index (χ4v) is 4.27. The molecule has 0 radical (unpaired) electrons. The Morgan fingerprint density at radius 1 is 1.37 bits per heavy atom. The van der Waals surface area contributed by atoms with Crippen molar-refractivity contribution in [1.29, 1.82) is 0 Å². The number of nitrogens with one attached hydrogen (secondary N) is 2. The summed E-state index contributed by atoms with van der Waals surface area (Å²) in [7, 11) is 1.76. The Hall–Kier alpha value is -0.610. The minimum absolute atomic E-state index is 0.0462. The van der Waals surface area contributed by atoms with Crippen LogP contribution in [0.3, 0.4) is 0 Å². The Bertz CT molecular complexity index is 369. The quantitative estimate of drug-likeness (QED) is 0.809. The van der Waals surface area contributed by atoms with Gasteiger partial charge in [-0.25, -0.2) is 0 Å². The minimum atomic E-state index is 0.0462. The van der Waals surface area contributed by atoms with Crippen molar-refractivity contribution < 1.29 is 9.53 Å². The van der Waals surface area contributed by atoms with Crippen LogP contribution in [0.5, 0.6) is 0 Å². The van der Waals surface area contributed by atoms with Crippen molar-refractivity contribution in [3.8, 4) is 0 Å². The average Bonchev–Trinajstić information content (AvgIpc) is 2.95. The zero-order valence-corrected chi connectivity index (χ0v) is 12.2. The number of carbonyl (C=O) groups excluding carboxylic acids is 1. The Kier molecular flexibility index (Phi) is 3.34. The molecule has 19 heavy (non-hydrogen) atoms. The van der Waals surface area contributed by atoms with Gasteiger partial charge in [-0.05, 0) is 37.6 Å². The van der Waals surface area contributed by atoms with Crippen LogP contribution in [-0.4, -0.2) is 37.7 Å². The fourth-order valence-electron chi connectivity index (χ4n) is 4.27. The highest BCUT2D eigenvalue weighted by Gasteiger charge is 2.51. The van der Waals surface area contributed by atoms with Crippen LogP contribution >= 0.6 is 0 Å². The summed E-state index contributed by atoms with van der Waals surface area (Å²) in [6, 6.07) is 0.303. The lowest BCUT2D eigenvalue weighted by Crippen LogP contribution is -2.63. The number of hydrogen-bond donors (Lipinski definition) is 2. The maximum atomic E-state index is 12.5. The van der Waals surface area contributed by atoms with Gasteiger partial charge in [0.1, 0.15) is 0 Å². The Morgan fingerprint density at radius 3 is 2.84 bits per heavy atom. The molecule has 2 saturated carbocycles. The summed E-state index contributed by atoms with van der Waals surface area (Å²) in [4.78, 5) is 12.5. The van der Waals surface area contributed by atoms with Crippen LogP contribution in [0.15, 0.2) is 0 Å².